The summed E-state index contributed by atoms with van der Waals surface area (Å²) in [6, 6.07) is 5.35. The van der Waals surface area contributed by atoms with Gasteiger partial charge in [-0.15, -0.1) is 0 Å². The molecule has 1 unspecified atom stereocenters. The summed E-state index contributed by atoms with van der Waals surface area (Å²) in [7, 11) is 1.60. The predicted molar refractivity (Wildman–Crippen MR) is 82.9 cm³/mol. The molecule has 116 valence electrons. The Morgan fingerprint density at radius 2 is 2.29 bits per heavy atom. The van der Waals surface area contributed by atoms with Gasteiger partial charge < -0.3 is 14.4 Å². The number of likely N-dealkylation sites (tertiary alicyclic amines) is 1. The molecule has 1 amide bonds. The van der Waals surface area contributed by atoms with E-state index in [1.807, 2.05) is 11.8 Å². The van der Waals surface area contributed by atoms with E-state index in [2.05, 4.69) is 0 Å². The molecule has 1 atom stereocenters. The molecular formula is C16H22ClNO3. The number of amides is 1. The normalized spacial score (nSPS) is 18.6. The van der Waals surface area contributed by atoms with Crippen molar-refractivity contribution in [3.05, 3.63) is 28.8 Å². The first-order chi connectivity index (χ1) is 10.1. The Labute approximate surface area is 131 Å². The molecule has 1 aromatic rings. The minimum absolute atomic E-state index is 0.0972. The largest absolute Gasteiger partial charge is 0.496 e. The second-order valence-electron chi connectivity index (χ2n) is 5.19. The Bertz CT molecular complexity index is 490. The molecule has 1 aromatic carbocycles. The Balaban J connectivity index is 2.02. The van der Waals surface area contributed by atoms with Gasteiger partial charge in [0.25, 0.3) is 0 Å². The van der Waals surface area contributed by atoms with E-state index in [1.165, 1.54) is 0 Å². The molecular weight excluding hydrogens is 290 g/mol. The number of carbonyl (C=O) groups excluding carboxylic acids is 1. The van der Waals surface area contributed by atoms with Gasteiger partial charge in [0.2, 0.25) is 5.91 Å². The van der Waals surface area contributed by atoms with Crippen LogP contribution in [0.15, 0.2) is 18.2 Å². The lowest BCUT2D eigenvalue weighted by Crippen LogP contribution is -2.43. The molecule has 0 radical (unpaired) electrons. The predicted octanol–water partition coefficient (Wildman–Crippen LogP) is 2.92. The van der Waals surface area contributed by atoms with Gasteiger partial charge in [0, 0.05) is 30.3 Å². The van der Waals surface area contributed by atoms with Gasteiger partial charge in [-0.2, -0.15) is 0 Å². The lowest BCUT2D eigenvalue weighted by atomic mass is 10.1. The summed E-state index contributed by atoms with van der Waals surface area (Å²) in [5.41, 5.74) is 0.827. The fraction of sp³-hybridized carbons (Fsp3) is 0.562. The minimum Gasteiger partial charge on any atom is -0.496 e. The first kappa shape index (κ1) is 16.1. The van der Waals surface area contributed by atoms with E-state index in [0.29, 0.717) is 30.3 Å². The molecule has 0 aliphatic carbocycles. The molecule has 0 N–H and O–H groups in total. The number of hydrogen-bond donors (Lipinski definition) is 0. The van der Waals surface area contributed by atoms with Crippen LogP contribution in [0.25, 0.3) is 0 Å². The molecule has 0 saturated carbocycles. The highest BCUT2D eigenvalue weighted by Gasteiger charge is 2.24. The molecule has 5 heteroatoms. The zero-order valence-corrected chi connectivity index (χ0v) is 13.4. The molecule has 1 heterocycles. The average Bonchev–Trinajstić information content (AvgIpc) is 2.48. The number of methoxy groups -OCH3 is 1. The fourth-order valence-corrected chi connectivity index (χ4v) is 2.89. The van der Waals surface area contributed by atoms with E-state index in [-0.39, 0.29) is 12.0 Å². The third-order valence-electron chi connectivity index (χ3n) is 3.72. The molecule has 1 saturated heterocycles. The summed E-state index contributed by atoms with van der Waals surface area (Å²) in [4.78, 5) is 14.3. The highest BCUT2D eigenvalue weighted by molar-refractivity contribution is 6.30. The molecule has 4 nitrogen and oxygen atoms in total. The van der Waals surface area contributed by atoms with E-state index in [1.54, 1.807) is 25.3 Å². The smallest absolute Gasteiger partial charge is 0.227 e. The van der Waals surface area contributed by atoms with Crippen LogP contribution < -0.4 is 4.74 Å². The average molecular weight is 312 g/mol. The Hall–Kier alpha value is -1.26. The molecule has 0 aromatic heterocycles. The van der Waals surface area contributed by atoms with Crippen molar-refractivity contribution in [2.75, 3.05) is 26.8 Å². The van der Waals surface area contributed by atoms with Gasteiger partial charge in [-0.25, -0.2) is 0 Å². The number of benzene rings is 1. The van der Waals surface area contributed by atoms with Crippen LogP contribution in [0, 0.1) is 0 Å². The second kappa shape index (κ2) is 7.66. The molecule has 1 aliphatic rings. The SMILES string of the molecule is CCOC1CCCN(C(=O)Cc2cc(Cl)ccc2OC)C1. The summed E-state index contributed by atoms with van der Waals surface area (Å²) < 4.78 is 10.9. The third kappa shape index (κ3) is 4.35. The van der Waals surface area contributed by atoms with Crippen LogP contribution in [0.5, 0.6) is 5.75 Å². The summed E-state index contributed by atoms with van der Waals surface area (Å²) >= 11 is 6.01. The molecule has 1 fully saturated rings. The molecule has 21 heavy (non-hydrogen) atoms. The molecule has 2 rings (SSSR count). The van der Waals surface area contributed by atoms with E-state index in [4.69, 9.17) is 21.1 Å². The van der Waals surface area contributed by atoms with Crippen molar-refractivity contribution in [3.8, 4) is 5.75 Å². The van der Waals surface area contributed by atoms with Crippen LogP contribution in [0.3, 0.4) is 0 Å². The quantitative estimate of drug-likeness (QED) is 0.839. The van der Waals surface area contributed by atoms with Crippen molar-refractivity contribution in [1.29, 1.82) is 0 Å². The first-order valence-corrected chi connectivity index (χ1v) is 7.73. The van der Waals surface area contributed by atoms with Gasteiger partial charge in [-0.3, -0.25) is 4.79 Å². The zero-order chi connectivity index (χ0) is 15.2. The lowest BCUT2D eigenvalue weighted by molar-refractivity contribution is -0.134. The standard InChI is InChI=1S/C16H22ClNO3/c1-3-21-14-5-4-8-18(11-14)16(19)10-12-9-13(17)6-7-15(12)20-2/h6-7,9,14H,3-5,8,10-11H2,1-2H3. The van der Waals surface area contributed by atoms with Crippen molar-refractivity contribution in [2.24, 2.45) is 0 Å². The number of piperidine rings is 1. The van der Waals surface area contributed by atoms with Gasteiger partial charge in [0.15, 0.2) is 0 Å². The number of rotatable bonds is 5. The number of ether oxygens (including phenoxy) is 2. The monoisotopic (exact) mass is 311 g/mol. The number of halogens is 1. The van der Waals surface area contributed by atoms with E-state index in [9.17, 15) is 4.79 Å². The van der Waals surface area contributed by atoms with Crippen molar-refractivity contribution < 1.29 is 14.3 Å². The van der Waals surface area contributed by atoms with E-state index >= 15 is 0 Å². The van der Waals surface area contributed by atoms with Crippen LogP contribution in [-0.4, -0.2) is 43.7 Å². The van der Waals surface area contributed by atoms with Crippen LogP contribution >= 0.6 is 11.6 Å². The Morgan fingerprint density at radius 1 is 1.48 bits per heavy atom. The van der Waals surface area contributed by atoms with E-state index in [0.717, 1.165) is 24.9 Å². The maximum absolute atomic E-state index is 12.5. The van der Waals surface area contributed by atoms with Gasteiger partial charge in [0.1, 0.15) is 5.75 Å². The first-order valence-electron chi connectivity index (χ1n) is 7.35. The summed E-state index contributed by atoms with van der Waals surface area (Å²) in [6.07, 6.45) is 2.48. The zero-order valence-electron chi connectivity index (χ0n) is 12.6. The topological polar surface area (TPSA) is 38.8 Å². The van der Waals surface area contributed by atoms with Crippen molar-refractivity contribution in [1.82, 2.24) is 4.90 Å². The maximum atomic E-state index is 12.5. The summed E-state index contributed by atoms with van der Waals surface area (Å²) in [5.74, 6) is 0.797. The Morgan fingerprint density at radius 3 is 3.00 bits per heavy atom. The van der Waals surface area contributed by atoms with Crippen LogP contribution in [0.1, 0.15) is 25.3 Å². The number of carbonyl (C=O) groups is 1. The van der Waals surface area contributed by atoms with Gasteiger partial charge in [-0.1, -0.05) is 11.6 Å². The van der Waals surface area contributed by atoms with Crippen LogP contribution in [0.2, 0.25) is 5.02 Å². The minimum atomic E-state index is 0.0972. The van der Waals surface area contributed by atoms with E-state index < -0.39 is 0 Å². The summed E-state index contributed by atoms with van der Waals surface area (Å²) in [5, 5.41) is 0.615. The van der Waals surface area contributed by atoms with Crippen molar-refractivity contribution in [3.63, 3.8) is 0 Å². The van der Waals surface area contributed by atoms with Gasteiger partial charge in [0.05, 0.1) is 19.6 Å². The van der Waals surface area contributed by atoms with Gasteiger partial charge in [-0.05, 0) is 38.0 Å². The lowest BCUT2D eigenvalue weighted by Gasteiger charge is -2.32. The third-order valence-corrected chi connectivity index (χ3v) is 3.95. The van der Waals surface area contributed by atoms with Crippen LogP contribution in [0.4, 0.5) is 0 Å². The highest BCUT2D eigenvalue weighted by atomic mass is 35.5. The number of nitrogens with zero attached hydrogens (tertiary/aromatic N) is 1. The van der Waals surface area contributed by atoms with Crippen LogP contribution in [-0.2, 0) is 16.0 Å². The Kier molecular flexibility index (Phi) is 5.88. The second-order valence-corrected chi connectivity index (χ2v) is 5.63. The van der Waals surface area contributed by atoms with Gasteiger partial charge >= 0.3 is 0 Å². The highest BCUT2D eigenvalue weighted by Crippen LogP contribution is 2.24. The molecule has 0 spiro atoms. The molecule has 0 bridgehead atoms. The number of hydrogen-bond acceptors (Lipinski definition) is 3. The van der Waals surface area contributed by atoms with Crippen molar-refractivity contribution in [2.45, 2.75) is 32.3 Å². The molecule has 1 aliphatic heterocycles. The summed E-state index contributed by atoms with van der Waals surface area (Å²) in [6.45, 7) is 4.15. The maximum Gasteiger partial charge on any atom is 0.227 e. The fourth-order valence-electron chi connectivity index (χ4n) is 2.70. The van der Waals surface area contributed by atoms with Crippen molar-refractivity contribution >= 4 is 17.5 Å².